The lowest BCUT2D eigenvalue weighted by Crippen LogP contribution is -2.30. The van der Waals surface area contributed by atoms with Crippen LogP contribution in [0.3, 0.4) is 0 Å². The zero-order valence-electron chi connectivity index (χ0n) is 9.59. The molecule has 0 N–H and O–H groups in total. The topological polar surface area (TPSA) is 0 Å². The van der Waals surface area contributed by atoms with Gasteiger partial charge in [0.25, 0.3) is 0 Å². The Balaban J connectivity index is 2.07. The molecule has 2 rings (SSSR count). The molecule has 76 valence electrons. The van der Waals surface area contributed by atoms with Crippen molar-refractivity contribution in [3.8, 4) is 0 Å². The molecule has 0 aromatic rings. The van der Waals surface area contributed by atoms with Gasteiger partial charge in [-0.15, -0.1) is 0 Å². The van der Waals surface area contributed by atoms with Gasteiger partial charge >= 0.3 is 0 Å². The van der Waals surface area contributed by atoms with Gasteiger partial charge in [0.1, 0.15) is 0 Å². The molecule has 0 amide bonds. The van der Waals surface area contributed by atoms with Crippen LogP contribution in [0.25, 0.3) is 0 Å². The number of rotatable bonds is 2. The first-order valence-corrected chi connectivity index (χ1v) is 6.11. The van der Waals surface area contributed by atoms with E-state index in [9.17, 15) is 0 Å². The van der Waals surface area contributed by atoms with Crippen LogP contribution in [0.4, 0.5) is 0 Å². The van der Waals surface area contributed by atoms with Crippen molar-refractivity contribution in [2.75, 3.05) is 0 Å². The van der Waals surface area contributed by atoms with Crippen molar-refractivity contribution < 1.29 is 0 Å². The van der Waals surface area contributed by atoms with Gasteiger partial charge < -0.3 is 0 Å². The van der Waals surface area contributed by atoms with Crippen molar-refractivity contribution in [3.63, 3.8) is 0 Å². The SMILES string of the molecule is CC(C)C1CCC2CC2C1C(C)C. The van der Waals surface area contributed by atoms with Crippen LogP contribution < -0.4 is 0 Å². The normalized spacial score (nSPS) is 43.8. The lowest BCUT2D eigenvalue weighted by molar-refractivity contribution is 0.123. The summed E-state index contributed by atoms with van der Waals surface area (Å²) in [6.07, 6.45) is 4.62. The Hall–Kier alpha value is 0. The van der Waals surface area contributed by atoms with E-state index in [-0.39, 0.29) is 0 Å². The molecule has 2 saturated carbocycles. The summed E-state index contributed by atoms with van der Waals surface area (Å²) in [6, 6.07) is 0. The lowest BCUT2D eigenvalue weighted by Gasteiger charge is -2.37. The lowest BCUT2D eigenvalue weighted by atomic mass is 9.69. The quantitative estimate of drug-likeness (QED) is 0.603. The molecule has 0 radical (unpaired) electrons. The Labute approximate surface area is 83.1 Å². The molecule has 0 aliphatic heterocycles. The van der Waals surface area contributed by atoms with E-state index in [1.807, 2.05) is 0 Å². The Morgan fingerprint density at radius 1 is 0.923 bits per heavy atom. The van der Waals surface area contributed by atoms with Crippen LogP contribution in [0.2, 0.25) is 0 Å². The first-order valence-electron chi connectivity index (χ1n) is 6.11. The number of hydrogen-bond acceptors (Lipinski definition) is 0. The third-order valence-electron chi connectivity index (χ3n) is 4.46. The fourth-order valence-electron chi connectivity index (χ4n) is 3.76. The molecule has 0 saturated heterocycles. The predicted molar refractivity (Wildman–Crippen MR) is 57.5 cm³/mol. The van der Waals surface area contributed by atoms with Crippen LogP contribution in [0, 0.1) is 35.5 Å². The van der Waals surface area contributed by atoms with Crippen LogP contribution >= 0.6 is 0 Å². The molecule has 0 aromatic carbocycles. The van der Waals surface area contributed by atoms with Gasteiger partial charge in [0.2, 0.25) is 0 Å². The zero-order chi connectivity index (χ0) is 9.59. The summed E-state index contributed by atoms with van der Waals surface area (Å²) in [5, 5.41) is 0. The molecule has 2 aliphatic rings. The van der Waals surface area contributed by atoms with Crippen molar-refractivity contribution in [3.05, 3.63) is 0 Å². The van der Waals surface area contributed by atoms with Gasteiger partial charge in [-0.2, -0.15) is 0 Å². The molecule has 0 bridgehead atoms. The smallest absolute Gasteiger partial charge is 0.0329 e. The Morgan fingerprint density at radius 3 is 2.15 bits per heavy atom. The molecule has 0 heterocycles. The van der Waals surface area contributed by atoms with Crippen LogP contribution in [-0.4, -0.2) is 0 Å². The molecule has 2 aliphatic carbocycles. The van der Waals surface area contributed by atoms with E-state index in [2.05, 4.69) is 27.7 Å². The second-order valence-corrected chi connectivity index (χ2v) is 5.97. The molecule has 2 fully saturated rings. The van der Waals surface area contributed by atoms with Crippen molar-refractivity contribution in [2.24, 2.45) is 35.5 Å². The van der Waals surface area contributed by atoms with E-state index in [1.54, 1.807) is 6.42 Å². The summed E-state index contributed by atoms with van der Waals surface area (Å²) in [7, 11) is 0. The van der Waals surface area contributed by atoms with Crippen molar-refractivity contribution in [1.29, 1.82) is 0 Å². The molecule has 0 nitrogen and oxygen atoms in total. The highest BCUT2D eigenvalue weighted by Gasteiger charge is 2.50. The standard InChI is InChI=1S/C13H24/c1-8(2)11-6-5-10-7-12(10)13(11)9(3)4/h8-13H,5-7H2,1-4H3. The molecular formula is C13H24. The van der Waals surface area contributed by atoms with Crippen LogP contribution in [-0.2, 0) is 0 Å². The minimum absolute atomic E-state index is 0.911. The molecule has 0 heteroatoms. The van der Waals surface area contributed by atoms with Crippen molar-refractivity contribution in [2.45, 2.75) is 47.0 Å². The van der Waals surface area contributed by atoms with Gasteiger partial charge in [0, 0.05) is 0 Å². The summed E-state index contributed by atoms with van der Waals surface area (Å²) in [5.41, 5.74) is 0. The summed E-state index contributed by atoms with van der Waals surface area (Å²) in [6.45, 7) is 9.70. The Kier molecular flexibility index (Phi) is 2.42. The Bertz CT molecular complexity index is 180. The summed E-state index contributed by atoms with van der Waals surface area (Å²) >= 11 is 0. The maximum absolute atomic E-state index is 2.43. The molecule has 13 heavy (non-hydrogen) atoms. The molecule has 4 unspecified atom stereocenters. The maximum Gasteiger partial charge on any atom is -0.0329 e. The van der Waals surface area contributed by atoms with Gasteiger partial charge in [-0.05, 0) is 54.8 Å². The van der Waals surface area contributed by atoms with E-state index in [1.165, 1.54) is 12.8 Å². The first kappa shape index (κ1) is 9.55. The molecule has 0 spiro atoms. The summed E-state index contributed by atoms with van der Waals surface area (Å²) in [4.78, 5) is 0. The first-order chi connectivity index (χ1) is 6.11. The fourth-order valence-corrected chi connectivity index (χ4v) is 3.76. The van der Waals surface area contributed by atoms with Gasteiger partial charge in [-0.1, -0.05) is 27.7 Å². The number of hydrogen-bond donors (Lipinski definition) is 0. The summed E-state index contributed by atoms with van der Waals surface area (Å²) in [5.74, 6) is 6.18. The Morgan fingerprint density at radius 2 is 1.62 bits per heavy atom. The van der Waals surface area contributed by atoms with E-state index >= 15 is 0 Å². The van der Waals surface area contributed by atoms with Gasteiger partial charge in [-0.3, -0.25) is 0 Å². The van der Waals surface area contributed by atoms with Crippen LogP contribution in [0.5, 0.6) is 0 Å². The second kappa shape index (κ2) is 3.29. The van der Waals surface area contributed by atoms with Gasteiger partial charge in [-0.25, -0.2) is 0 Å². The monoisotopic (exact) mass is 180 g/mol. The number of fused-ring (bicyclic) bond motifs is 1. The third-order valence-corrected chi connectivity index (χ3v) is 4.46. The summed E-state index contributed by atoms with van der Waals surface area (Å²) < 4.78 is 0. The predicted octanol–water partition coefficient (Wildman–Crippen LogP) is 3.96. The molecule has 4 atom stereocenters. The largest absolute Gasteiger partial charge is 0.0625 e. The average Bonchev–Trinajstić information content (AvgIpc) is 2.79. The minimum atomic E-state index is 0.911. The van der Waals surface area contributed by atoms with Gasteiger partial charge in [0.15, 0.2) is 0 Å². The minimum Gasteiger partial charge on any atom is -0.0625 e. The third kappa shape index (κ3) is 1.65. The molecular weight excluding hydrogens is 156 g/mol. The van der Waals surface area contributed by atoms with Crippen LogP contribution in [0.15, 0.2) is 0 Å². The second-order valence-electron chi connectivity index (χ2n) is 5.97. The highest BCUT2D eigenvalue weighted by atomic mass is 14.5. The highest BCUT2D eigenvalue weighted by molar-refractivity contribution is 4.99. The average molecular weight is 180 g/mol. The van der Waals surface area contributed by atoms with E-state index in [0.29, 0.717) is 0 Å². The molecule has 0 aromatic heterocycles. The fraction of sp³-hybridized carbons (Fsp3) is 1.00. The van der Waals surface area contributed by atoms with Crippen molar-refractivity contribution >= 4 is 0 Å². The van der Waals surface area contributed by atoms with Crippen LogP contribution in [0.1, 0.15) is 47.0 Å². The maximum atomic E-state index is 2.43. The highest BCUT2D eigenvalue weighted by Crippen LogP contribution is 2.58. The zero-order valence-corrected chi connectivity index (χ0v) is 9.59. The van der Waals surface area contributed by atoms with E-state index < -0.39 is 0 Å². The van der Waals surface area contributed by atoms with Crippen molar-refractivity contribution in [1.82, 2.24) is 0 Å². The van der Waals surface area contributed by atoms with Gasteiger partial charge in [0.05, 0.1) is 0 Å². The van der Waals surface area contributed by atoms with E-state index in [0.717, 1.165) is 35.5 Å². The van der Waals surface area contributed by atoms with E-state index in [4.69, 9.17) is 0 Å².